The lowest BCUT2D eigenvalue weighted by Gasteiger charge is -2.09. The van der Waals surface area contributed by atoms with E-state index in [2.05, 4.69) is 22.2 Å². The van der Waals surface area contributed by atoms with Crippen molar-refractivity contribution in [3.05, 3.63) is 65.7 Å². The van der Waals surface area contributed by atoms with Crippen molar-refractivity contribution >= 4 is 15.9 Å². The predicted molar refractivity (Wildman–Crippen MR) is 101 cm³/mol. The number of nitrogens with zero attached hydrogens (tertiary/aromatic N) is 1. The van der Waals surface area contributed by atoms with Gasteiger partial charge in [0.05, 0.1) is 18.5 Å². The van der Waals surface area contributed by atoms with Crippen molar-refractivity contribution in [3.8, 4) is 0 Å². The van der Waals surface area contributed by atoms with Gasteiger partial charge >= 0.3 is 0 Å². The van der Waals surface area contributed by atoms with Crippen LogP contribution in [0.5, 0.6) is 0 Å². The third-order valence-electron chi connectivity index (χ3n) is 4.03. The fourth-order valence-electron chi connectivity index (χ4n) is 2.28. The van der Waals surface area contributed by atoms with Gasteiger partial charge in [-0.15, -0.1) is 0 Å². The number of rotatable bonds is 7. The van der Waals surface area contributed by atoms with Crippen molar-refractivity contribution in [2.24, 2.45) is 0 Å². The van der Waals surface area contributed by atoms with E-state index in [4.69, 9.17) is 0 Å². The summed E-state index contributed by atoms with van der Waals surface area (Å²) in [6.07, 6.45) is 0. The lowest BCUT2D eigenvalue weighted by atomic mass is 10.2. The fraction of sp³-hybridized carbons (Fsp3) is 0.316. The molecule has 25 heavy (non-hydrogen) atoms. The second-order valence-corrected chi connectivity index (χ2v) is 7.82. The molecule has 2 aromatic carbocycles. The molecule has 0 radical (unpaired) electrons. The van der Waals surface area contributed by atoms with E-state index in [-0.39, 0.29) is 0 Å². The highest BCUT2D eigenvalue weighted by Gasteiger charge is 2.13. The Morgan fingerprint density at radius 3 is 2.32 bits per heavy atom. The number of amidine groups is 1. The Kier molecular flexibility index (Phi) is 6.73. The minimum absolute atomic E-state index is 0.295. The predicted octanol–water partition coefficient (Wildman–Crippen LogP) is 2.12. The van der Waals surface area contributed by atoms with Crippen LogP contribution in [0.1, 0.15) is 18.1 Å². The van der Waals surface area contributed by atoms with Gasteiger partial charge in [0, 0.05) is 13.5 Å². The third-order valence-corrected chi connectivity index (χ3v) is 5.51. The van der Waals surface area contributed by atoms with E-state index in [0.29, 0.717) is 18.0 Å². The van der Waals surface area contributed by atoms with Gasteiger partial charge in [-0.25, -0.2) is 13.1 Å². The summed E-state index contributed by atoms with van der Waals surface area (Å²) in [7, 11) is -1.52. The van der Waals surface area contributed by atoms with Crippen LogP contribution < -0.4 is 10.0 Å². The SMILES string of the molecule is CC(NCc1ccccc1)=[N+](C)CCNS(=O)(=O)c1ccc(C)cc1. The van der Waals surface area contributed by atoms with E-state index in [1.54, 1.807) is 24.3 Å². The summed E-state index contributed by atoms with van der Waals surface area (Å²) in [5.74, 6) is 0.999. The number of hydrogen-bond acceptors (Lipinski definition) is 2. The molecule has 5 nitrogen and oxygen atoms in total. The first-order chi connectivity index (χ1) is 11.9. The molecule has 0 aliphatic rings. The molecule has 0 saturated heterocycles. The van der Waals surface area contributed by atoms with Crippen LogP contribution in [0.3, 0.4) is 0 Å². The van der Waals surface area contributed by atoms with Gasteiger partial charge in [0.25, 0.3) is 0 Å². The van der Waals surface area contributed by atoms with Crippen LogP contribution in [0.2, 0.25) is 0 Å². The molecule has 0 saturated carbocycles. The van der Waals surface area contributed by atoms with Crippen LogP contribution in [0.15, 0.2) is 59.5 Å². The van der Waals surface area contributed by atoms with E-state index in [0.717, 1.165) is 17.9 Å². The molecule has 134 valence electrons. The molecule has 0 amide bonds. The zero-order valence-electron chi connectivity index (χ0n) is 15.0. The molecule has 2 N–H and O–H groups in total. The van der Waals surface area contributed by atoms with Crippen LogP contribution in [-0.4, -0.2) is 39.0 Å². The van der Waals surface area contributed by atoms with Crippen LogP contribution >= 0.6 is 0 Å². The van der Waals surface area contributed by atoms with Gasteiger partial charge < -0.3 is 0 Å². The van der Waals surface area contributed by atoms with Crippen LogP contribution in [0.25, 0.3) is 0 Å². The molecule has 0 spiro atoms. The molecule has 0 heterocycles. The fourth-order valence-corrected chi connectivity index (χ4v) is 3.30. The van der Waals surface area contributed by atoms with Crippen molar-refractivity contribution < 1.29 is 13.0 Å². The summed E-state index contributed by atoms with van der Waals surface area (Å²) in [5.41, 5.74) is 2.24. The summed E-state index contributed by atoms with van der Waals surface area (Å²) >= 11 is 0. The summed E-state index contributed by atoms with van der Waals surface area (Å²) < 4.78 is 29.2. The summed E-state index contributed by atoms with van der Waals surface area (Å²) in [6, 6.07) is 17.0. The summed E-state index contributed by atoms with van der Waals surface area (Å²) in [6.45, 7) is 5.58. The maximum atomic E-state index is 12.3. The van der Waals surface area contributed by atoms with E-state index in [1.165, 1.54) is 5.56 Å². The smallest absolute Gasteiger partial charge is 0.241 e. The van der Waals surface area contributed by atoms with E-state index >= 15 is 0 Å². The Balaban J connectivity index is 1.86. The van der Waals surface area contributed by atoms with Crippen LogP contribution in [-0.2, 0) is 16.6 Å². The quantitative estimate of drug-likeness (QED) is 0.452. The molecule has 2 aromatic rings. The Morgan fingerprint density at radius 2 is 1.68 bits per heavy atom. The zero-order chi connectivity index (χ0) is 18.3. The topological polar surface area (TPSA) is 61.2 Å². The lowest BCUT2D eigenvalue weighted by molar-refractivity contribution is -0.497. The first-order valence-corrected chi connectivity index (χ1v) is 9.75. The van der Waals surface area contributed by atoms with E-state index < -0.39 is 10.0 Å². The molecule has 0 bridgehead atoms. The second-order valence-electron chi connectivity index (χ2n) is 6.06. The number of sulfonamides is 1. The van der Waals surface area contributed by atoms with Gasteiger partial charge in [0.2, 0.25) is 15.9 Å². The highest BCUT2D eigenvalue weighted by Crippen LogP contribution is 2.09. The summed E-state index contributed by atoms with van der Waals surface area (Å²) in [4.78, 5) is 0.295. The zero-order valence-corrected chi connectivity index (χ0v) is 15.8. The molecule has 0 atom stereocenters. The Hall–Kier alpha value is -2.18. The van der Waals surface area contributed by atoms with Crippen molar-refractivity contribution in [2.75, 3.05) is 20.1 Å². The first kappa shape index (κ1) is 19.1. The van der Waals surface area contributed by atoms with Gasteiger partial charge in [0.15, 0.2) is 0 Å². The number of benzene rings is 2. The van der Waals surface area contributed by atoms with Crippen LogP contribution in [0, 0.1) is 6.92 Å². The van der Waals surface area contributed by atoms with Crippen molar-refractivity contribution in [1.29, 1.82) is 0 Å². The molecule has 0 fully saturated rings. The summed E-state index contributed by atoms with van der Waals surface area (Å²) in [5, 5.41) is 3.35. The molecular weight excluding hydrogens is 334 g/mol. The number of hydrogen-bond donors (Lipinski definition) is 2. The number of nitrogens with one attached hydrogen (secondary N) is 2. The molecule has 6 heteroatoms. The second kappa shape index (κ2) is 8.78. The van der Waals surface area contributed by atoms with Crippen molar-refractivity contribution in [3.63, 3.8) is 0 Å². The van der Waals surface area contributed by atoms with Crippen molar-refractivity contribution in [2.45, 2.75) is 25.3 Å². The van der Waals surface area contributed by atoms with Crippen molar-refractivity contribution in [1.82, 2.24) is 10.0 Å². The average Bonchev–Trinajstić information content (AvgIpc) is 2.60. The van der Waals surface area contributed by atoms with E-state index in [1.807, 2.05) is 43.7 Å². The standard InChI is InChI=1S/C19H25N3O2S/c1-16-9-11-19(12-10-16)25(23,24)21-13-14-22(3)17(2)20-15-18-7-5-4-6-8-18/h4-12,21H,13-15H2,1-3H3/p+1. The minimum Gasteiger partial charge on any atom is -0.275 e. The van der Waals surface area contributed by atoms with Gasteiger partial charge in [0.1, 0.15) is 6.54 Å². The van der Waals surface area contributed by atoms with Gasteiger partial charge in [-0.1, -0.05) is 48.0 Å². The molecule has 2 rings (SSSR count). The Labute approximate surface area is 150 Å². The number of likely N-dealkylation sites (N-methyl/N-ethyl adjacent to an activating group) is 1. The average molecular weight is 361 g/mol. The third kappa shape index (κ3) is 5.99. The van der Waals surface area contributed by atoms with Gasteiger partial charge in [-0.3, -0.25) is 9.89 Å². The Bertz CT molecular complexity index is 814. The maximum Gasteiger partial charge on any atom is 0.241 e. The lowest BCUT2D eigenvalue weighted by Crippen LogP contribution is -2.35. The highest BCUT2D eigenvalue weighted by atomic mass is 32.2. The largest absolute Gasteiger partial charge is 0.275 e. The normalized spacial score (nSPS) is 12.6. The molecular formula is C19H26N3O2S+. The molecule has 0 aromatic heterocycles. The monoisotopic (exact) mass is 360 g/mol. The van der Waals surface area contributed by atoms with Crippen LogP contribution in [0.4, 0.5) is 0 Å². The van der Waals surface area contributed by atoms with E-state index in [9.17, 15) is 8.42 Å². The van der Waals surface area contributed by atoms with Gasteiger partial charge in [-0.2, -0.15) is 0 Å². The first-order valence-electron chi connectivity index (χ1n) is 8.27. The van der Waals surface area contributed by atoms with Gasteiger partial charge in [-0.05, 0) is 24.6 Å². The molecule has 0 aliphatic heterocycles. The number of aryl methyl sites for hydroxylation is 1. The minimum atomic E-state index is -3.46. The molecule has 0 aliphatic carbocycles. The maximum absolute atomic E-state index is 12.3. The molecule has 0 unspecified atom stereocenters. The Morgan fingerprint density at radius 1 is 1.04 bits per heavy atom. The highest BCUT2D eigenvalue weighted by molar-refractivity contribution is 7.89.